The summed E-state index contributed by atoms with van der Waals surface area (Å²) >= 11 is 1.85. The Hall–Kier alpha value is -8.71. The summed E-state index contributed by atoms with van der Waals surface area (Å²) in [5.41, 5.74) is 11.9. The van der Waals surface area contributed by atoms with Gasteiger partial charge < -0.3 is 8.98 Å². The molecule has 10 aromatic carbocycles. The summed E-state index contributed by atoms with van der Waals surface area (Å²) in [5, 5.41) is 9.20. The number of thiophene rings is 1. The molecule has 0 radical (unpaired) electrons. The van der Waals surface area contributed by atoms with Gasteiger partial charge in [0.25, 0.3) is 0 Å². The van der Waals surface area contributed by atoms with E-state index < -0.39 is 0 Å². The molecule has 14 aromatic rings. The molecule has 0 saturated heterocycles. The Labute approximate surface area is 388 Å². The normalized spacial score (nSPS) is 11.9. The molecule has 0 amide bonds. The lowest BCUT2D eigenvalue weighted by atomic mass is 9.98. The van der Waals surface area contributed by atoms with Crippen LogP contribution in [0, 0.1) is 0 Å². The average Bonchev–Trinajstić information content (AvgIpc) is 4.08. The van der Waals surface area contributed by atoms with Crippen LogP contribution in [0.4, 0.5) is 0 Å². The van der Waals surface area contributed by atoms with Crippen molar-refractivity contribution in [2.45, 2.75) is 0 Å². The molecule has 0 spiro atoms. The molecule has 0 fully saturated rings. The number of benzene rings is 10. The molecule has 0 aliphatic heterocycles. The molecule has 4 aromatic heterocycles. The summed E-state index contributed by atoms with van der Waals surface area (Å²) in [6, 6.07) is 77.4. The van der Waals surface area contributed by atoms with E-state index in [0.29, 0.717) is 17.5 Å². The molecule has 67 heavy (non-hydrogen) atoms. The first-order valence-corrected chi connectivity index (χ1v) is 23.3. The van der Waals surface area contributed by atoms with Crippen molar-refractivity contribution >= 4 is 86.0 Å². The van der Waals surface area contributed by atoms with E-state index in [2.05, 4.69) is 199 Å². The molecule has 0 aliphatic carbocycles. The maximum absolute atomic E-state index is 7.18. The molecule has 0 unspecified atom stereocenters. The van der Waals surface area contributed by atoms with Gasteiger partial charge in [-0.05, 0) is 87.6 Å². The standard InChI is InChI=1S/C61H36N4OS/c1-3-14-37(15-4-1)44-34-50(61-63-59(39-17-5-2-6-18-39)62-60(64-61)43-27-26-38-16-7-8-19-40(38)32-43)57-48-22-13-24-53(58(48)66-54(57)35-44)65-51-23-11-9-20-45(51)49-33-41(29-31-52(49)65)42-28-30-47-46-21-10-12-25-55(46)67-56(47)36-42/h1-36H. The predicted octanol–water partition coefficient (Wildman–Crippen LogP) is 16.7. The smallest absolute Gasteiger partial charge is 0.164 e. The van der Waals surface area contributed by atoms with Gasteiger partial charge >= 0.3 is 0 Å². The van der Waals surface area contributed by atoms with Gasteiger partial charge in [-0.15, -0.1) is 11.3 Å². The Balaban J connectivity index is 0.993. The third kappa shape index (κ3) is 6.11. The number of rotatable bonds is 6. The van der Waals surface area contributed by atoms with Crippen molar-refractivity contribution in [2.24, 2.45) is 0 Å². The zero-order chi connectivity index (χ0) is 44.0. The average molecular weight is 873 g/mol. The van der Waals surface area contributed by atoms with E-state index in [9.17, 15) is 0 Å². The van der Waals surface area contributed by atoms with E-state index in [1.54, 1.807) is 0 Å². The van der Waals surface area contributed by atoms with Gasteiger partial charge in [-0.3, -0.25) is 0 Å². The molecule has 6 heteroatoms. The van der Waals surface area contributed by atoms with Gasteiger partial charge in [-0.2, -0.15) is 0 Å². The van der Waals surface area contributed by atoms with E-state index in [1.807, 2.05) is 35.6 Å². The summed E-state index contributed by atoms with van der Waals surface area (Å²) in [6.07, 6.45) is 0. The number of hydrogen-bond acceptors (Lipinski definition) is 5. The van der Waals surface area contributed by atoms with Crippen LogP contribution < -0.4 is 0 Å². The highest BCUT2D eigenvalue weighted by molar-refractivity contribution is 7.25. The van der Waals surface area contributed by atoms with Crippen LogP contribution in [0.1, 0.15) is 0 Å². The Bertz CT molecular complexity index is 4280. The minimum absolute atomic E-state index is 0.575. The molecule has 312 valence electrons. The van der Waals surface area contributed by atoms with Crippen molar-refractivity contribution in [3.05, 3.63) is 218 Å². The molecule has 5 nitrogen and oxygen atoms in total. The van der Waals surface area contributed by atoms with Crippen LogP contribution in [0.15, 0.2) is 223 Å². The van der Waals surface area contributed by atoms with Crippen LogP contribution >= 0.6 is 11.3 Å². The molecule has 0 saturated carbocycles. The van der Waals surface area contributed by atoms with Crippen LogP contribution in [0.2, 0.25) is 0 Å². The van der Waals surface area contributed by atoms with Crippen molar-refractivity contribution in [3.8, 4) is 62.1 Å². The fraction of sp³-hybridized carbons (Fsp3) is 0. The third-order valence-corrected chi connectivity index (χ3v) is 14.4. The highest BCUT2D eigenvalue weighted by atomic mass is 32.1. The molecule has 0 N–H and O–H groups in total. The molecule has 4 heterocycles. The second-order valence-electron chi connectivity index (χ2n) is 17.1. The number of hydrogen-bond donors (Lipinski definition) is 0. The van der Waals surface area contributed by atoms with E-state index in [4.69, 9.17) is 19.4 Å². The third-order valence-electron chi connectivity index (χ3n) is 13.2. The van der Waals surface area contributed by atoms with Crippen LogP contribution in [0.3, 0.4) is 0 Å². The second kappa shape index (κ2) is 14.9. The predicted molar refractivity (Wildman–Crippen MR) is 279 cm³/mol. The van der Waals surface area contributed by atoms with Gasteiger partial charge in [0, 0.05) is 58.4 Å². The van der Waals surface area contributed by atoms with E-state index in [1.165, 1.54) is 42.1 Å². The minimum atomic E-state index is 0.575. The Kier molecular flexibility index (Phi) is 8.38. The van der Waals surface area contributed by atoms with Crippen molar-refractivity contribution in [2.75, 3.05) is 0 Å². The van der Waals surface area contributed by atoms with Gasteiger partial charge in [0.05, 0.1) is 16.7 Å². The van der Waals surface area contributed by atoms with Crippen molar-refractivity contribution in [1.29, 1.82) is 0 Å². The fourth-order valence-corrected chi connectivity index (χ4v) is 11.2. The summed E-state index contributed by atoms with van der Waals surface area (Å²) in [5.74, 6) is 1.79. The lowest BCUT2D eigenvalue weighted by molar-refractivity contribution is 0.666. The molecule has 0 bridgehead atoms. The van der Waals surface area contributed by atoms with E-state index in [0.717, 1.165) is 77.2 Å². The number of aromatic nitrogens is 4. The maximum atomic E-state index is 7.18. The Morgan fingerprint density at radius 2 is 1.00 bits per heavy atom. The molecule has 0 aliphatic rings. The number of nitrogens with zero attached hydrogens (tertiary/aromatic N) is 4. The van der Waals surface area contributed by atoms with Gasteiger partial charge in [-0.25, -0.2) is 15.0 Å². The monoisotopic (exact) mass is 872 g/mol. The zero-order valence-corrected chi connectivity index (χ0v) is 36.7. The van der Waals surface area contributed by atoms with Gasteiger partial charge in [0.1, 0.15) is 5.58 Å². The second-order valence-corrected chi connectivity index (χ2v) is 18.2. The number of para-hydroxylation sites is 2. The van der Waals surface area contributed by atoms with Gasteiger partial charge in [0.15, 0.2) is 23.1 Å². The first kappa shape index (κ1) is 37.6. The van der Waals surface area contributed by atoms with Gasteiger partial charge in [0.2, 0.25) is 0 Å². The van der Waals surface area contributed by atoms with Crippen molar-refractivity contribution < 1.29 is 4.42 Å². The van der Waals surface area contributed by atoms with E-state index in [-0.39, 0.29) is 0 Å². The minimum Gasteiger partial charge on any atom is -0.454 e. The molecular weight excluding hydrogens is 837 g/mol. The Morgan fingerprint density at radius 1 is 0.358 bits per heavy atom. The van der Waals surface area contributed by atoms with Crippen LogP contribution in [0.25, 0.3) is 137 Å². The quantitative estimate of drug-likeness (QED) is 0.167. The van der Waals surface area contributed by atoms with Crippen LogP contribution in [0.5, 0.6) is 0 Å². The maximum Gasteiger partial charge on any atom is 0.164 e. The van der Waals surface area contributed by atoms with Crippen molar-refractivity contribution in [3.63, 3.8) is 0 Å². The SMILES string of the molecule is c1ccc(-c2cc(-c3nc(-c4ccccc4)nc(-c4ccc5ccccc5c4)n3)c3c(c2)oc2c(-n4c5ccccc5c5cc(-c6ccc7c(c6)sc6ccccc67)ccc54)cccc23)cc1. The zero-order valence-electron chi connectivity index (χ0n) is 35.9. The first-order chi connectivity index (χ1) is 33.2. The van der Waals surface area contributed by atoms with Crippen LogP contribution in [-0.2, 0) is 0 Å². The summed E-state index contributed by atoms with van der Waals surface area (Å²) < 4.78 is 12.1. The number of fused-ring (bicyclic) bond motifs is 10. The highest BCUT2D eigenvalue weighted by Crippen LogP contribution is 2.44. The largest absolute Gasteiger partial charge is 0.454 e. The lowest BCUT2D eigenvalue weighted by Gasteiger charge is -2.11. The summed E-state index contributed by atoms with van der Waals surface area (Å²) in [4.78, 5) is 15.7. The molecule has 0 atom stereocenters. The lowest BCUT2D eigenvalue weighted by Crippen LogP contribution is -2.00. The summed E-state index contributed by atoms with van der Waals surface area (Å²) in [7, 11) is 0. The molecule has 14 rings (SSSR count). The first-order valence-electron chi connectivity index (χ1n) is 22.5. The molecular formula is C61H36N4OS. The van der Waals surface area contributed by atoms with Crippen LogP contribution in [-0.4, -0.2) is 19.5 Å². The Morgan fingerprint density at radius 3 is 1.87 bits per heavy atom. The number of furan rings is 1. The highest BCUT2D eigenvalue weighted by Gasteiger charge is 2.23. The topological polar surface area (TPSA) is 56.7 Å². The van der Waals surface area contributed by atoms with Crippen molar-refractivity contribution in [1.82, 2.24) is 19.5 Å². The fourth-order valence-electron chi connectivity index (χ4n) is 10.1. The summed E-state index contributed by atoms with van der Waals surface area (Å²) in [6.45, 7) is 0. The van der Waals surface area contributed by atoms with E-state index >= 15 is 0 Å². The van der Waals surface area contributed by atoms with Gasteiger partial charge in [-0.1, -0.05) is 164 Å².